The Bertz CT molecular complexity index is 361. The number of carbonyl (C=O) groups is 1. The number of aliphatic imine (C=N–C) groups is 1. The van der Waals surface area contributed by atoms with Crippen molar-refractivity contribution in [2.24, 2.45) is 4.99 Å². The molecule has 0 saturated heterocycles. The van der Waals surface area contributed by atoms with Crippen LogP contribution in [0.4, 0.5) is 0 Å². The van der Waals surface area contributed by atoms with Crippen molar-refractivity contribution in [3.05, 3.63) is 35.7 Å². The van der Waals surface area contributed by atoms with Gasteiger partial charge in [0.15, 0.2) is 0 Å². The molecule has 0 spiro atoms. The number of hydrogen-bond acceptors (Lipinski definition) is 3. The highest BCUT2D eigenvalue weighted by Crippen LogP contribution is 2.14. The Kier molecular flexibility index (Phi) is 1.85. The Labute approximate surface area is 76.8 Å². The first kappa shape index (κ1) is 7.98. The van der Waals surface area contributed by atoms with Crippen molar-refractivity contribution in [2.75, 3.05) is 6.54 Å². The van der Waals surface area contributed by atoms with Crippen LogP contribution in [0, 0.1) is 0 Å². The molecular weight excluding hydrogens is 164 g/mol. The van der Waals surface area contributed by atoms with Crippen molar-refractivity contribution >= 4 is 12.1 Å². The summed E-state index contributed by atoms with van der Waals surface area (Å²) in [6, 6.07) is 0. The Balaban J connectivity index is 2.33. The van der Waals surface area contributed by atoms with Gasteiger partial charge in [-0.05, 0) is 24.6 Å². The van der Waals surface area contributed by atoms with Gasteiger partial charge in [-0.15, -0.1) is 0 Å². The number of hydrogen-bond donors (Lipinski definition) is 0. The molecule has 2 aliphatic rings. The fraction of sp³-hybridized carbons (Fsp3) is 0.200. The van der Waals surface area contributed by atoms with Gasteiger partial charge in [0.1, 0.15) is 12.1 Å². The fourth-order valence-corrected chi connectivity index (χ4v) is 1.32. The smallest absolute Gasteiger partial charge is 0.149 e. The molecular formula is C10H10N2O. The highest BCUT2D eigenvalue weighted by atomic mass is 16.1. The largest absolute Gasteiger partial charge is 0.328 e. The number of rotatable bonds is 1. The maximum absolute atomic E-state index is 10.5. The summed E-state index contributed by atoms with van der Waals surface area (Å²) in [6.45, 7) is 2.65. The summed E-state index contributed by atoms with van der Waals surface area (Å²) in [6.07, 6.45) is 8.43. The van der Waals surface area contributed by atoms with Gasteiger partial charge >= 0.3 is 0 Å². The molecule has 0 radical (unpaired) electrons. The predicted octanol–water partition coefficient (Wildman–Crippen LogP) is 1.26. The zero-order valence-electron chi connectivity index (χ0n) is 7.40. The van der Waals surface area contributed by atoms with Crippen LogP contribution in [0.1, 0.15) is 6.92 Å². The standard InChI is InChI=1S/C10H10N2O/c1-8-2-3-12-6-9(7-13)5-11-10(12)4-8/h2-5,7H,6H2,1H3. The highest BCUT2D eigenvalue weighted by molar-refractivity contribution is 5.98. The minimum atomic E-state index is 0.628. The van der Waals surface area contributed by atoms with Crippen LogP contribution in [0.3, 0.4) is 0 Å². The molecule has 66 valence electrons. The molecule has 0 bridgehead atoms. The normalized spacial score (nSPS) is 20.1. The Morgan fingerprint density at radius 3 is 3.23 bits per heavy atom. The number of aldehydes is 1. The van der Waals surface area contributed by atoms with Crippen LogP contribution in [-0.2, 0) is 4.79 Å². The average Bonchev–Trinajstić information content (AvgIpc) is 2.17. The van der Waals surface area contributed by atoms with E-state index >= 15 is 0 Å². The lowest BCUT2D eigenvalue weighted by Gasteiger charge is -2.25. The third-order valence-electron chi connectivity index (χ3n) is 2.04. The third-order valence-corrected chi connectivity index (χ3v) is 2.04. The van der Waals surface area contributed by atoms with Gasteiger partial charge in [-0.25, -0.2) is 4.99 Å². The van der Waals surface area contributed by atoms with E-state index in [1.54, 1.807) is 6.20 Å². The molecule has 0 fully saturated rings. The predicted molar refractivity (Wildman–Crippen MR) is 51.2 cm³/mol. The van der Waals surface area contributed by atoms with Crippen LogP contribution < -0.4 is 0 Å². The van der Waals surface area contributed by atoms with Gasteiger partial charge in [0, 0.05) is 18.0 Å². The molecule has 0 saturated carbocycles. The summed E-state index contributed by atoms with van der Waals surface area (Å²) in [4.78, 5) is 16.6. The van der Waals surface area contributed by atoms with Crippen molar-refractivity contribution in [1.82, 2.24) is 4.90 Å². The van der Waals surface area contributed by atoms with Crippen LogP contribution in [0.2, 0.25) is 0 Å². The van der Waals surface area contributed by atoms with E-state index in [-0.39, 0.29) is 0 Å². The van der Waals surface area contributed by atoms with Gasteiger partial charge in [-0.3, -0.25) is 4.79 Å². The number of amidine groups is 1. The minimum Gasteiger partial charge on any atom is -0.328 e. The van der Waals surface area contributed by atoms with E-state index in [4.69, 9.17) is 0 Å². The third kappa shape index (κ3) is 1.45. The Morgan fingerprint density at radius 1 is 1.62 bits per heavy atom. The first-order chi connectivity index (χ1) is 6.29. The molecule has 0 aromatic carbocycles. The molecule has 0 unspecified atom stereocenters. The summed E-state index contributed by atoms with van der Waals surface area (Å²) in [5.41, 5.74) is 1.89. The molecule has 0 aliphatic carbocycles. The second-order valence-electron chi connectivity index (χ2n) is 3.14. The van der Waals surface area contributed by atoms with Crippen molar-refractivity contribution in [1.29, 1.82) is 0 Å². The van der Waals surface area contributed by atoms with E-state index in [9.17, 15) is 4.79 Å². The summed E-state index contributed by atoms with van der Waals surface area (Å²) in [5, 5.41) is 0. The monoisotopic (exact) mass is 174 g/mol. The molecule has 3 heteroatoms. The van der Waals surface area contributed by atoms with Gasteiger partial charge in [-0.1, -0.05) is 0 Å². The summed E-state index contributed by atoms with van der Waals surface area (Å²) >= 11 is 0. The van der Waals surface area contributed by atoms with E-state index in [2.05, 4.69) is 4.99 Å². The van der Waals surface area contributed by atoms with E-state index in [0.717, 1.165) is 12.1 Å². The van der Waals surface area contributed by atoms with Crippen LogP contribution in [0.25, 0.3) is 0 Å². The van der Waals surface area contributed by atoms with Gasteiger partial charge in [0.25, 0.3) is 0 Å². The fourth-order valence-electron chi connectivity index (χ4n) is 1.32. The number of nitrogens with zero attached hydrogens (tertiary/aromatic N) is 2. The van der Waals surface area contributed by atoms with Crippen molar-refractivity contribution in [3.8, 4) is 0 Å². The maximum Gasteiger partial charge on any atom is 0.149 e. The van der Waals surface area contributed by atoms with Crippen LogP contribution >= 0.6 is 0 Å². The molecule has 0 N–H and O–H groups in total. The second kappa shape index (κ2) is 3.01. The Morgan fingerprint density at radius 2 is 2.46 bits per heavy atom. The number of carbonyl (C=O) groups excluding carboxylic acids is 1. The lowest BCUT2D eigenvalue weighted by atomic mass is 10.1. The average molecular weight is 174 g/mol. The lowest BCUT2D eigenvalue weighted by molar-refractivity contribution is -0.105. The molecule has 2 aliphatic heterocycles. The topological polar surface area (TPSA) is 32.7 Å². The maximum atomic E-state index is 10.5. The molecule has 13 heavy (non-hydrogen) atoms. The van der Waals surface area contributed by atoms with Crippen LogP contribution in [0.5, 0.6) is 0 Å². The minimum absolute atomic E-state index is 0.628. The summed E-state index contributed by atoms with van der Waals surface area (Å²) in [5.74, 6) is 0.908. The summed E-state index contributed by atoms with van der Waals surface area (Å²) < 4.78 is 0. The SMILES string of the molecule is CC1=CC2=NC=C(C=O)CN2C=C1. The molecule has 0 aromatic heterocycles. The van der Waals surface area contributed by atoms with Crippen LogP contribution in [0.15, 0.2) is 40.7 Å². The van der Waals surface area contributed by atoms with Crippen molar-refractivity contribution in [3.63, 3.8) is 0 Å². The zero-order chi connectivity index (χ0) is 9.26. The van der Waals surface area contributed by atoms with E-state index in [1.807, 2.05) is 30.2 Å². The van der Waals surface area contributed by atoms with Crippen molar-refractivity contribution < 1.29 is 4.79 Å². The lowest BCUT2D eigenvalue weighted by Crippen LogP contribution is -2.30. The second-order valence-corrected chi connectivity index (χ2v) is 3.14. The number of allylic oxidation sites excluding steroid dienone is 2. The number of fused-ring (bicyclic) bond motifs is 1. The van der Waals surface area contributed by atoms with E-state index in [0.29, 0.717) is 12.1 Å². The van der Waals surface area contributed by atoms with Gasteiger partial charge in [0.2, 0.25) is 0 Å². The van der Waals surface area contributed by atoms with Gasteiger partial charge in [-0.2, -0.15) is 0 Å². The highest BCUT2D eigenvalue weighted by Gasteiger charge is 2.14. The van der Waals surface area contributed by atoms with Gasteiger partial charge < -0.3 is 4.90 Å². The zero-order valence-corrected chi connectivity index (χ0v) is 7.40. The first-order valence-electron chi connectivity index (χ1n) is 4.15. The first-order valence-corrected chi connectivity index (χ1v) is 4.15. The molecule has 0 aromatic rings. The Hall–Kier alpha value is -1.64. The molecule has 0 amide bonds. The molecule has 0 atom stereocenters. The molecule has 3 nitrogen and oxygen atoms in total. The molecule has 2 heterocycles. The van der Waals surface area contributed by atoms with E-state index in [1.165, 1.54) is 5.57 Å². The van der Waals surface area contributed by atoms with Crippen molar-refractivity contribution in [2.45, 2.75) is 6.92 Å². The van der Waals surface area contributed by atoms with Crippen LogP contribution in [-0.4, -0.2) is 23.6 Å². The summed E-state index contributed by atoms with van der Waals surface area (Å²) in [7, 11) is 0. The quantitative estimate of drug-likeness (QED) is 0.560. The van der Waals surface area contributed by atoms with E-state index < -0.39 is 0 Å². The molecule has 2 rings (SSSR count). The van der Waals surface area contributed by atoms with Gasteiger partial charge in [0.05, 0.1) is 6.54 Å².